The van der Waals surface area contributed by atoms with Crippen molar-refractivity contribution < 1.29 is 14.3 Å². The molecule has 1 saturated heterocycles. The highest BCUT2D eigenvalue weighted by Crippen LogP contribution is 2.46. The SMILES string of the molecule is C=C(C)C(=O)N1CCN(c2nc(OC)nc3c2NC(=O)C2(CCCc4ccccc42)C3)CC1CC#N. The lowest BCUT2D eigenvalue weighted by atomic mass is 9.65. The van der Waals surface area contributed by atoms with Gasteiger partial charge in [-0.1, -0.05) is 30.8 Å². The van der Waals surface area contributed by atoms with Gasteiger partial charge in [-0.15, -0.1) is 0 Å². The van der Waals surface area contributed by atoms with Crippen LogP contribution in [0.2, 0.25) is 0 Å². The first-order chi connectivity index (χ1) is 17.4. The summed E-state index contributed by atoms with van der Waals surface area (Å²) >= 11 is 0. The number of carbonyl (C=O) groups is 2. The minimum Gasteiger partial charge on any atom is -0.467 e. The predicted octanol–water partition coefficient (Wildman–Crippen LogP) is 2.76. The van der Waals surface area contributed by atoms with Crippen LogP contribution in [0.3, 0.4) is 0 Å². The summed E-state index contributed by atoms with van der Waals surface area (Å²) in [5, 5.41) is 12.6. The Morgan fingerprint density at radius 3 is 2.89 bits per heavy atom. The Hall–Kier alpha value is -3.93. The number of ether oxygens (including phenoxy) is 1. The maximum Gasteiger partial charge on any atom is 0.318 e. The summed E-state index contributed by atoms with van der Waals surface area (Å²) in [5.74, 6) is 0.375. The zero-order valence-electron chi connectivity index (χ0n) is 20.7. The van der Waals surface area contributed by atoms with E-state index in [0.717, 1.165) is 30.5 Å². The summed E-state index contributed by atoms with van der Waals surface area (Å²) in [5.41, 5.74) is 3.38. The molecule has 3 heterocycles. The molecule has 5 rings (SSSR count). The van der Waals surface area contributed by atoms with Crippen LogP contribution in [0.4, 0.5) is 11.5 Å². The Bertz CT molecular complexity index is 1280. The maximum atomic E-state index is 13.7. The number of nitriles is 1. The van der Waals surface area contributed by atoms with Gasteiger partial charge in [-0.3, -0.25) is 9.59 Å². The smallest absolute Gasteiger partial charge is 0.318 e. The van der Waals surface area contributed by atoms with E-state index in [2.05, 4.69) is 40.1 Å². The number of methoxy groups -OCH3 is 1. The van der Waals surface area contributed by atoms with E-state index in [4.69, 9.17) is 4.74 Å². The molecule has 1 aromatic heterocycles. The molecule has 0 saturated carbocycles. The predicted molar refractivity (Wildman–Crippen MR) is 135 cm³/mol. The monoisotopic (exact) mass is 486 g/mol. The number of piperazine rings is 1. The second kappa shape index (κ2) is 9.26. The normalized spacial score (nSPS) is 22.8. The third kappa shape index (κ3) is 3.87. The van der Waals surface area contributed by atoms with E-state index in [9.17, 15) is 14.9 Å². The molecule has 9 nitrogen and oxygen atoms in total. The van der Waals surface area contributed by atoms with Crippen LogP contribution in [0, 0.1) is 11.3 Å². The number of anilines is 2. The fourth-order valence-electron chi connectivity index (χ4n) is 5.83. The van der Waals surface area contributed by atoms with Gasteiger partial charge in [0.05, 0.1) is 36.8 Å². The van der Waals surface area contributed by atoms with Gasteiger partial charge in [-0.25, -0.2) is 0 Å². The topological polar surface area (TPSA) is 111 Å². The van der Waals surface area contributed by atoms with Crippen molar-refractivity contribution >= 4 is 23.3 Å². The average molecular weight is 487 g/mol. The molecule has 1 N–H and O–H groups in total. The number of nitrogens with zero attached hydrogens (tertiary/aromatic N) is 5. The number of amides is 2. The number of hydrogen-bond donors (Lipinski definition) is 1. The maximum absolute atomic E-state index is 13.7. The third-order valence-corrected chi connectivity index (χ3v) is 7.59. The highest BCUT2D eigenvalue weighted by atomic mass is 16.5. The molecule has 36 heavy (non-hydrogen) atoms. The van der Waals surface area contributed by atoms with E-state index in [-0.39, 0.29) is 30.3 Å². The van der Waals surface area contributed by atoms with Crippen LogP contribution in [-0.2, 0) is 27.8 Å². The lowest BCUT2D eigenvalue weighted by Crippen LogP contribution is -2.56. The second-order valence-corrected chi connectivity index (χ2v) is 9.82. The Balaban J connectivity index is 1.53. The molecule has 186 valence electrons. The molecular formula is C27H30N6O3. The highest BCUT2D eigenvalue weighted by Gasteiger charge is 2.48. The van der Waals surface area contributed by atoms with E-state index in [1.165, 1.54) is 12.7 Å². The molecule has 2 amide bonds. The van der Waals surface area contributed by atoms with E-state index in [0.29, 0.717) is 43.1 Å². The van der Waals surface area contributed by atoms with Crippen LogP contribution < -0.4 is 15.0 Å². The highest BCUT2D eigenvalue weighted by molar-refractivity contribution is 6.04. The van der Waals surface area contributed by atoms with Crippen molar-refractivity contribution in [1.29, 1.82) is 5.26 Å². The Labute approximate surface area is 210 Å². The molecule has 2 atom stereocenters. The summed E-state index contributed by atoms with van der Waals surface area (Å²) in [6, 6.07) is 10.3. The Morgan fingerprint density at radius 2 is 2.14 bits per heavy atom. The van der Waals surface area contributed by atoms with Gasteiger partial charge in [0.2, 0.25) is 11.8 Å². The molecule has 9 heteroatoms. The summed E-state index contributed by atoms with van der Waals surface area (Å²) in [7, 11) is 1.53. The summed E-state index contributed by atoms with van der Waals surface area (Å²) in [6.07, 6.45) is 3.30. The first kappa shape index (κ1) is 23.8. The molecule has 1 aliphatic carbocycles. The number of nitrogens with one attached hydrogen (secondary N) is 1. The van der Waals surface area contributed by atoms with Crippen LogP contribution in [0.5, 0.6) is 6.01 Å². The average Bonchev–Trinajstić information content (AvgIpc) is 2.89. The summed E-state index contributed by atoms with van der Waals surface area (Å²) < 4.78 is 5.46. The van der Waals surface area contributed by atoms with Gasteiger partial charge in [-0.2, -0.15) is 15.2 Å². The third-order valence-electron chi connectivity index (χ3n) is 7.59. The van der Waals surface area contributed by atoms with Gasteiger partial charge in [0, 0.05) is 31.6 Å². The zero-order chi connectivity index (χ0) is 25.4. The zero-order valence-corrected chi connectivity index (χ0v) is 20.7. The van der Waals surface area contributed by atoms with Gasteiger partial charge in [0.25, 0.3) is 0 Å². The molecule has 2 aliphatic heterocycles. The fourth-order valence-corrected chi connectivity index (χ4v) is 5.83. The number of aryl methyl sites for hydroxylation is 1. The van der Waals surface area contributed by atoms with Crippen molar-refractivity contribution in [2.75, 3.05) is 37.0 Å². The second-order valence-electron chi connectivity index (χ2n) is 9.82. The number of carbonyl (C=O) groups excluding carboxylic acids is 2. The van der Waals surface area contributed by atoms with E-state index < -0.39 is 5.41 Å². The van der Waals surface area contributed by atoms with Crippen molar-refractivity contribution in [3.63, 3.8) is 0 Å². The number of benzene rings is 1. The molecule has 1 aromatic carbocycles. The lowest BCUT2D eigenvalue weighted by Gasteiger charge is -2.44. The Kier molecular flexibility index (Phi) is 6.12. The molecule has 0 bridgehead atoms. The fraction of sp³-hybridized carbons (Fsp3) is 0.444. The molecular weight excluding hydrogens is 456 g/mol. The molecule has 2 unspecified atom stereocenters. The van der Waals surface area contributed by atoms with Crippen molar-refractivity contribution in [3.05, 3.63) is 53.2 Å². The first-order valence-corrected chi connectivity index (χ1v) is 12.3. The van der Waals surface area contributed by atoms with Crippen molar-refractivity contribution in [1.82, 2.24) is 14.9 Å². The Morgan fingerprint density at radius 1 is 1.33 bits per heavy atom. The first-order valence-electron chi connectivity index (χ1n) is 12.3. The van der Waals surface area contributed by atoms with Crippen LogP contribution in [0.15, 0.2) is 36.4 Å². The minimum absolute atomic E-state index is 0.0400. The largest absolute Gasteiger partial charge is 0.467 e. The van der Waals surface area contributed by atoms with Gasteiger partial charge < -0.3 is 19.9 Å². The van der Waals surface area contributed by atoms with Crippen molar-refractivity contribution in [2.24, 2.45) is 0 Å². The van der Waals surface area contributed by atoms with Crippen LogP contribution in [0.1, 0.15) is 43.0 Å². The van der Waals surface area contributed by atoms with E-state index >= 15 is 0 Å². The number of hydrogen-bond acceptors (Lipinski definition) is 7. The summed E-state index contributed by atoms with van der Waals surface area (Å²) in [6.45, 7) is 6.78. The standard InChI is InChI=1S/C27H30N6O3/c1-17(2)24(34)33-14-13-32(16-19(33)10-12-28)23-22-21(29-26(31-23)36-3)15-27(25(35)30-22)11-6-8-18-7-4-5-9-20(18)27/h4-5,7,9,19H,1,6,8,10-11,13-16H2,2-3H3,(H,30,35). The molecule has 1 fully saturated rings. The lowest BCUT2D eigenvalue weighted by molar-refractivity contribution is -0.129. The van der Waals surface area contributed by atoms with Gasteiger partial charge >= 0.3 is 6.01 Å². The van der Waals surface area contributed by atoms with Crippen LogP contribution in [-0.4, -0.2) is 59.5 Å². The van der Waals surface area contributed by atoms with Crippen LogP contribution >= 0.6 is 0 Å². The van der Waals surface area contributed by atoms with Gasteiger partial charge in [0.1, 0.15) is 5.69 Å². The number of rotatable bonds is 4. The van der Waals surface area contributed by atoms with Crippen LogP contribution in [0.25, 0.3) is 0 Å². The molecule has 3 aliphatic rings. The molecule has 1 spiro atoms. The van der Waals surface area contributed by atoms with E-state index in [1.807, 2.05) is 17.0 Å². The van der Waals surface area contributed by atoms with Gasteiger partial charge in [0.15, 0.2) is 5.82 Å². The quantitative estimate of drug-likeness (QED) is 0.662. The molecule has 2 aromatic rings. The summed E-state index contributed by atoms with van der Waals surface area (Å²) in [4.78, 5) is 39.4. The molecule has 0 radical (unpaired) electrons. The van der Waals surface area contributed by atoms with Crippen molar-refractivity contribution in [3.8, 4) is 12.1 Å². The van der Waals surface area contributed by atoms with Gasteiger partial charge in [-0.05, 0) is 37.3 Å². The van der Waals surface area contributed by atoms with Crippen molar-refractivity contribution in [2.45, 2.75) is 50.5 Å². The van der Waals surface area contributed by atoms with E-state index in [1.54, 1.807) is 11.8 Å². The number of fused-ring (bicyclic) bond motifs is 3. The minimum atomic E-state index is -0.672. The number of aromatic nitrogens is 2.